The van der Waals surface area contributed by atoms with Crippen LogP contribution in [0.5, 0.6) is 0 Å². The van der Waals surface area contributed by atoms with Crippen molar-refractivity contribution in [1.29, 1.82) is 0 Å². The summed E-state index contributed by atoms with van der Waals surface area (Å²) < 4.78 is 0. The fourth-order valence-electron chi connectivity index (χ4n) is 3.43. The Morgan fingerprint density at radius 3 is 2.67 bits per heavy atom. The van der Waals surface area contributed by atoms with E-state index in [0.29, 0.717) is 18.7 Å². The predicted octanol–water partition coefficient (Wildman–Crippen LogP) is 3.55. The van der Waals surface area contributed by atoms with Gasteiger partial charge in [-0.2, -0.15) is 0 Å². The van der Waals surface area contributed by atoms with E-state index >= 15 is 0 Å². The molecule has 0 saturated carbocycles. The minimum Gasteiger partial charge on any atom is -0.326 e. The predicted molar refractivity (Wildman–Crippen MR) is 109 cm³/mol. The largest absolute Gasteiger partial charge is 0.326 e. The fourth-order valence-corrected chi connectivity index (χ4v) is 3.43. The van der Waals surface area contributed by atoms with Gasteiger partial charge >= 0.3 is 0 Å². The van der Waals surface area contributed by atoms with Crippen LogP contribution in [0.15, 0.2) is 42.5 Å². The van der Waals surface area contributed by atoms with Crippen LogP contribution in [0.1, 0.15) is 35.4 Å². The topological polar surface area (TPSA) is 61.4 Å². The Morgan fingerprint density at radius 2 is 1.89 bits per heavy atom. The lowest BCUT2D eigenvalue weighted by atomic mass is 10.0. The van der Waals surface area contributed by atoms with Crippen molar-refractivity contribution in [3.8, 4) is 0 Å². The lowest BCUT2D eigenvalue weighted by molar-refractivity contribution is -0.117. The van der Waals surface area contributed by atoms with Gasteiger partial charge in [0.1, 0.15) is 0 Å². The molecule has 0 spiro atoms. The van der Waals surface area contributed by atoms with Gasteiger partial charge in [0.2, 0.25) is 11.8 Å². The van der Waals surface area contributed by atoms with E-state index in [-0.39, 0.29) is 17.7 Å². The third kappa shape index (κ3) is 4.74. The van der Waals surface area contributed by atoms with Gasteiger partial charge in [-0.15, -0.1) is 0 Å². The second-order valence-corrected chi connectivity index (χ2v) is 7.41. The number of carbonyl (C=O) groups excluding carboxylic acids is 2. The summed E-state index contributed by atoms with van der Waals surface area (Å²) in [5, 5.41) is 5.96. The second-order valence-electron chi connectivity index (χ2n) is 7.41. The van der Waals surface area contributed by atoms with Crippen molar-refractivity contribution in [2.45, 2.75) is 32.1 Å². The summed E-state index contributed by atoms with van der Waals surface area (Å²) in [5.41, 5.74) is 4.80. The van der Waals surface area contributed by atoms with E-state index in [1.807, 2.05) is 62.3 Å². The molecule has 5 nitrogen and oxygen atoms in total. The zero-order valence-electron chi connectivity index (χ0n) is 16.2. The van der Waals surface area contributed by atoms with Gasteiger partial charge < -0.3 is 15.5 Å². The Bertz CT molecular complexity index is 845. The highest BCUT2D eigenvalue weighted by molar-refractivity contribution is 5.98. The minimum atomic E-state index is -0.111. The Balaban J connectivity index is 1.67. The molecule has 0 aromatic heterocycles. The summed E-state index contributed by atoms with van der Waals surface area (Å²) in [6, 6.07) is 13.8. The Labute approximate surface area is 160 Å². The SMILES string of the molecule is Cc1ccc(NC(=O)C2CCc3ccccc32)cc1NC(=O)CCN(C)C. The van der Waals surface area contributed by atoms with Crippen LogP contribution in [-0.4, -0.2) is 37.4 Å². The highest BCUT2D eigenvalue weighted by atomic mass is 16.2. The Hall–Kier alpha value is -2.66. The van der Waals surface area contributed by atoms with Crippen LogP contribution in [-0.2, 0) is 16.0 Å². The number of hydrogen-bond acceptors (Lipinski definition) is 3. The molecule has 0 saturated heterocycles. The highest BCUT2D eigenvalue weighted by Gasteiger charge is 2.28. The molecule has 2 aromatic carbocycles. The lowest BCUT2D eigenvalue weighted by Gasteiger charge is -2.15. The lowest BCUT2D eigenvalue weighted by Crippen LogP contribution is -2.21. The molecule has 1 aliphatic carbocycles. The van der Waals surface area contributed by atoms with Gasteiger partial charge in [0.15, 0.2) is 0 Å². The molecule has 0 radical (unpaired) electrons. The molecule has 2 amide bonds. The van der Waals surface area contributed by atoms with Crippen LogP contribution < -0.4 is 10.6 Å². The number of hydrogen-bond donors (Lipinski definition) is 2. The van der Waals surface area contributed by atoms with Crippen molar-refractivity contribution in [2.24, 2.45) is 0 Å². The Kier molecular flexibility index (Phi) is 5.91. The normalized spacial score (nSPS) is 15.5. The molecule has 142 valence electrons. The molecule has 1 unspecified atom stereocenters. The van der Waals surface area contributed by atoms with Gasteiger partial charge in [0, 0.05) is 24.3 Å². The quantitative estimate of drug-likeness (QED) is 0.823. The molecular formula is C22H27N3O2. The van der Waals surface area contributed by atoms with Crippen LogP contribution in [0.2, 0.25) is 0 Å². The highest BCUT2D eigenvalue weighted by Crippen LogP contribution is 2.34. The molecule has 27 heavy (non-hydrogen) atoms. The first-order chi connectivity index (χ1) is 12.9. The number of benzene rings is 2. The zero-order valence-corrected chi connectivity index (χ0v) is 16.2. The maximum absolute atomic E-state index is 12.8. The Morgan fingerprint density at radius 1 is 1.11 bits per heavy atom. The summed E-state index contributed by atoms with van der Waals surface area (Å²) in [4.78, 5) is 26.9. The minimum absolute atomic E-state index is 0.00804. The maximum atomic E-state index is 12.8. The number of fused-ring (bicyclic) bond motifs is 1. The average Bonchev–Trinajstić information content (AvgIpc) is 3.07. The number of nitrogens with one attached hydrogen (secondary N) is 2. The summed E-state index contributed by atoms with van der Waals surface area (Å²) in [7, 11) is 3.88. The van der Waals surface area contributed by atoms with Crippen LogP contribution >= 0.6 is 0 Å². The third-order valence-electron chi connectivity index (χ3n) is 5.01. The van der Waals surface area contributed by atoms with E-state index in [4.69, 9.17) is 0 Å². The number of nitrogens with zero attached hydrogens (tertiary/aromatic N) is 1. The molecule has 2 aromatic rings. The number of aryl methyl sites for hydroxylation is 2. The molecule has 0 aliphatic heterocycles. The zero-order chi connectivity index (χ0) is 19.4. The number of rotatable bonds is 6. The van der Waals surface area contributed by atoms with Crippen LogP contribution in [0, 0.1) is 6.92 Å². The third-order valence-corrected chi connectivity index (χ3v) is 5.01. The first-order valence-electron chi connectivity index (χ1n) is 9.38. The molecule has 2 N–H and O–H groups in total. The van der Waals surface area contributed by atoms with Gasteiger partial charge in [0.05, 0.1) is 5.92 Å². The van der Waals surface area contributed by atoms with Crippen molar-refractivity contribution in [3.63, 3.8) is 0 Å². The number of amides is 2. The van der Waals surface area contributed by atoms with Crippen molar-refractivity contribution < 1.29 is 9.59 Å². The van der Waals surface area contributed by atoms with Gasteiger partial charge in [-0.1, -0.05) is 30.3 Å². The van der Waals surface area contributed by atoms with E-state index in [1.165, 1.54) is 5.56 Å². The molecule has 0 bridgehead atoms. The van der Waals surface area contributed by atoms with E-state index in [2.05, 4.69) is 16.7 Å². The molecule has 1 aliphatic rings. The monoisotopic (exact) mass is 365 g/mol. The van der Waals surface area contributed by atoms with Gasteiger partial charge in [0.25, 0.3) is 0 Å². The van der Waals surface area contributed by atoms with Crippen LogP contribution in [0.4, 0.5) is 11.4 Å². The van der Waals surface area contributed by atoms with Crippen molar-refractivity contribution in [1.82, 2.24) is 4.90 Å². The molecule has 0 fully saturated rings. The maximum Gasteiger partial charge on any atom is 0.231 e. The van der Waals surface area contributed by atoms with Crippen molar-refractivity contribution in [2.75, 3.05) is 31.3 Å². The summed E-state index contributed by atoms with van der Waals surface area (Å²) >= 11 is 0. The van der Waals surface area contributed by atoms with Gasteiger partial charge in [-0.05, 0) is 62.7 Å². The van der Waals surface area contributed by atoms with Crippen LogP contribution in [0.25, 0.3) is 0 Å². The van der Waals surface area contributed by atoms with Crippen molar-refractivity contribution >= 4 is 23.2 Å². The molecule has 0 heterocycles. The smallest absolute Gasteiger partial charge is 0.231 e. The van der Waals surface area contributed by atoms with Gasteiger partial charge in [-0.25, -0.2) is 0 Å². The van der Waals surface area contributed by atoms with E-state index < -0.39 is 0 Å². The van der Waals surface area contributed by atoms with E-state index in [0.717, 1.165) is 29.7 Å². The summed E-state index contributed by atoms with van der Waals surface area (Å²) in [6.45, 7) is 2.64. The van der Waals surface area contributed by atoms with Gasteiger partial charge in [-0.3, -0.25) is 9.59 Å². The first-order valence-corrected chi connectivity index (χ1v) is 9.38. The average molecular weight is 365 g/mol. The van der Waals surface area contributed by atoms with E-state index in [1.54, 1.807) is 0 Å². The van der Waals surface area contributed by atoms with E-state index in [9.17, 15) is 9.59 Å². The number of carbonyl (C=O) groups is 2. The van der Waals surface area contributed by atoms with Crippen molar-refractivity contribution in [3.05, 3.63) is 59.2 Å². The van der Waals surface area contributed by atoms with Crippen LogP contribution in [0.3, 0.4) is 0 Å². The first kappa shape index (κ1) is 19.1. The second kappa shape index (κ2) is 8.35. The summed E-state index contributed by atoms with van der Waals surface area (Å²) in [5.74, 6) is -0.130. The molecule has 1 atom stereocenters. The standard InChI is InChI=1S/C22H27N3O2/c1-15-8-10-17(14-20(15)24-21(26)12-13-25(2)3)23-22(27)19-11-9-16-6-4-5-7-18(16)19/h4-8,10,14,19H,9,11-13H2,1-3H3,(H,23,27)(H,24,26). The molecule has 5 heteroatoms. The fraction of sp³-hybridized carbons (Fsp3) is 0.364. The molecule has 3 rings (SSSR count). The molecular weight excluding hydrogens is 338 g/mol. The number of anilines is 2. The summed E-state index contributed by atoms with van der Waals surface area (Å²) in [6.07, 6.45) is 2.21.